The van der Waals surface area contributed by atoms with Crippen LogP contribution >= 0.6 is 0 Å². The summed E-state index contributed by atoms with van der Waals surface area (Å²) >= 11 is 0. The van der Waals surface area contributed by atoms with E-state index in [4.69, 9.17) is 22.2 Å². The number of hydrogen-bond donors (Lipinski definition) is 0. The molecule has 0 aliphatic heterocycles. The summed E-state index contributed by atoms with van der Waals surface area (Å²) in [6.07, 6.45) is 0. The van der Waals surface area contributed by atoms with Crippen molar-refractivity contribution in [1.29, 1.82) is 0 Å². The van der Waals surface area contributed by atoms with Gasteiger partial charge in [-0.25, -0.2) is 0 Å². The predicted octanol–water partition coefficient (Wildman–Crippen LogP) is 15.0. The Bertz CT molecular complexity index is 4810. The highest BCUT2D eigenvalue weighted by molar-refractivity contribution is 6.22. The summed E-state index contributed by atoms with van der Waals surface area (Å²) in [4.78, 5) is 0. The van der Waals surface area contributed by atoms with Gasteiger partial charge in [-0.2, -0.15) is 0 Å². The van der Waals surface area contributed by atoms with E-state index in [0.717, 1.165) is 0 Å². The summed E-state index contributed by atoms with van der Waals surface area (Å²) in [5.74, 6) is 0. The molecule has 53 heavy (non-hydrogen) atoms. The van der Waals surface area contributed by atoms with Crippen molar-refractivity contribution in [1.82, 2.24) is 0 Å². The van der Waals surface area contributed by atoms with E-state index in [1.54, 1.807) is 0 Å². The molecule has 0 saturated carbocycles. The molecule has 1 nitrogen and oxygen atoms in total. The molecule has 10 aromatic carbocycles. The van der Waals surface area contributed by atoms with E-state index < -0.39 is 257 Å². The molecule has 11 rings (SSSR count). The lowest BCUT2D eigenvalue weighted by atomic mass is 9.85. The Balaban J connectivity index is 1.33. The first-order chi connectivity index (χ1) is 37.8. The molecule has 0 unspecified atom stereocenters. The fraction of sp³-hybridized carbons (Fsp3) is 0.0385. The number of benzene rings is 10. The maximum absolute atomic E-state index is 9.87. The number of furan rings is 1. The van der Waals surface area contributed by atoms with Crippen LogP contribution in [0.3, 0.4) is 0 Å². The van der Waals surface area contributed by atoms with Gasteiger partial charge < -0.3 is 4.42 Å². The number of hydrogen-bond acceptors (Lipinski definition) is 1. The zero-order valence-electron chi connectivity index (χ0n) is 55.4. The van der Waals surface area contributed by atoms with Crippen LogP contribution in [0.1, 0.15) is 49.5 Å². The molecule has 0 N–H and O–H groups in total. The maximum Gasteiger partial charge on any atom is 0.136 e. The van der Waals surface area contributed by atoms with Crippen molar-refractivity contribution in [2.24, 2.45) is 0 Å². The number of fused-ring (bicyclic) bond motifs is 9. The quantitative estimate of drug-likeness (QED) is 0.132. The van der Waals surface area contributed by atoms with Crippen molar-refractivity contribution in [3.05, 3.63) is 180 Å². The third-order valence-electron chi connectivity index (χ3n) is 9.45. The zero-order valence-corrected chi connectivity index (χ0v) is 27.4. The molecule has 0 amide bonds. The third kappa shape index (κ3) is 4.51. The lowest BCUT2D eigenvalue weighted by Gasteiger charge is -2.18. The van der Waals surface area contributed by atoms with Gasteiger partial charge in [0, 0.05) is 10.8 Å². The van der Waals surface area contributed by atoms with E-state index >= 15 is 0 Å². The molecule has 248 valence electrons. The highest BCUT2D eigenvalue weighted by Gasteiger charge is 2.18. The van der Waals surface area contributed by atoms with Gasteiger partial charge in [-0.05, 0) is 142 Å². The van der Waals surface area contributed by atoms with Crippen LogP contribution in [0.5, 0.6) is 0 Å². The second-order valence-corrected chi connectivity index (χ2v) is 12.3. The van der Waals surface area contributed by atoms with Crippen molar-refractivity contribution in [2.45, 2.75) is 13.8 Å². The summed E-state index contributed by atoms with van der Waals surface area (Å²) in [7, 11) is 0. The molecular formula is C52H34O. The lowest BCUT2D eigenvalue weighted by molar-refractivity contribution is 0.669. The van der Waals surface area contributed by atoms with Crippen molar-refractivity contribution >= 4 is 75.8 Å². The first kappa shape index (κ1) is 13.4. The van der Waals surface area contributed by atoms with Gasteiger partial charge in [0.1, 0.15) is 11.2 Å². The number of rotatable bonds is 3. The van der Waals surface area contributed by atoms with Gasteiger partial charge in [0.15, 0.2) is 0 Å². The summed E-state index contributed by atoms with van der Waals surface area (Å²) in [6, 6.07) is -23.5. The van der Waals surface area contributed by atoms with Crippen LogP contribution < -0.4 is 0 Å². The van der Waals surface area contributed by atoms with Crippen molar-refractivity contribution in [3.8, 4) is 33.4 Å². The van der Waals surface area contributed by atoms with E-state index in [9.17, 15) is 20.6 Å². The SMILES string of the molecule is [2H]c1c([2H])c(-c2c3c([2H])c([2H])c([2H])c([2H])c3c(-c3c([2H])c([2H])c4oc5c([2H])c6c([2H])c([2H])c([2H])c([2H])c6c([2H])c5c4c3[2H])c3c([2H])c([2H])c([2H])c([2H])c23)c([2H])c([2H])c1-c1c([2H])c([2H])c2c(c1[2H])c(C)c(C)c1c([2H])c([2H])c([2H])c([2H])c12. The predicted molar refractivity (Wildman–Crippen MR) is 227 cm³/mol. The molecule has 1 heteroatoms. The molecule has 0 spiro atoms. The van der Waals surface area contributed by atoms with Crippen molar-refractivity contribution in [3.63, 3.8) is 0 Å². The van der Waals surface area contributed by atoms with Gasteiger partial charge in [-0.1, -0.05) is 139 Å². The van der Waals surface area contributed by atoms with Gasteiger partial charge in [0.05, 0.1) is 38.4 Å². The summed E-state index contributed by atoms with van der Waals surface area (Å²) in [5, 5.41) is -5.27. The van der Waals surface area contributed by atoms with Crippen LogP contribution in [0.25, 0.3) is 109 Å². The Morgan fingerprint density at radius 2 is 0.774 bits per heavy atom. The Labute approximate surface area is 346 Å². The molecule has 0 aliphatic carbocycles. The van der Waals surface area contributed by atoms with E-state index in [2.05, 4.69) is 0 Å². The van der Waals surface area contributed by atoms with Crippen molar-refractivity contribution < 1.29 is 42.8 Å². The van der Waals surface area contributed by atoms with Crippen LogP contribution in [0.4, 0.5) is 0 Å². The highest BCUT2D eigenvalue weighted by atomic mass is 16.3. The minimum atomic E-state index is -1.05. The monoisotopic (exact) mass is 702 g/mol. The molecule has 0 aliphatic rings. The fourth-order valence-electron chi connectivity index (χ4n) is 6.83. The Morgan fingerprint density at radius 1 is 0.321 bits per heavy atom. The molecule has 1 aromatic heterocycles. The number of aryl methyl sites for hydroxylation is 2. The standard InChI is InChI=1S/C52H34O/c1-31-32(2)46-27-37(23-25-41(46)40-14-6-5-13-39(31)40)33-19-21-34(22-20-33)51-42-15-7-9-17-44(42)52(45-18-10-8-16-43(45)51)38-24-26-49-47(29-38)48-28-35-11-3-4-12-36(35)30-50(48)53-49/h3-30H,1-2H3/i3D,4D,5D,6D,7D,8D,9D,10D,11D,12D,13D,14D,15D,16D,17D,18D,19D,20D,21D,22D,23D,24D,25D,26D,27D,28D,29D,30D. The minimum Gasteiger partial charge on any atom is -0.456 e. The summed E-state index contributed by atoms with van der Waals surface area (Å²) in [5.41, 5.74) is -5.02. The van der Waals surface area contributed by atoms with E-state index in [-0.39, 0.29) is 32.7 Å². The molecular weight excluding hydrogens is 641 g/mol. The van der Waals surface area contributed by atoms with Crippen LogP contribution in [-0.2, 0) is 0 Å². The van der Waals surface area contributed by atoms with Crippen LogP contribution in [0.15, 0.2) is 174 Å². The second-order valence-electron chi connectivity index (χ2n) is 12.3. The average Bonchev–Trinajstić information content (AvgIpc) is 3.43. The zero-order chi connectivity index (χ0) is 59.6. The van der Waals surface area contributed by atoms with E-state index in [1.807, 2.05) is 0 Å². The molecule has 11 aromatic rings. The maximum atomic E-state index is 9.87. The fourth-order valence-corrected chi connectivity index (χ4v) is 6.83. The smallest absolute Gasteiger partial charge is 0.136 e. The van der Waals surface area contributed by atoms with Gasteiger partial charge in [-0.3, -0.25) is 0 Å². The largest absolute Gasteiger partial charge is 0.456 e. The second kappa shape index (κ2) is 11.4. The normalized spacial score (nSPS) is 19.4. The Hall–Kier alpha value is -6.70. The summed E-state index contributed by atoms with van der Waals surface area (Å²) < 4.78 is 262. The lowest BCUT2D eigenvalue weighted by Crippen LogP contribution is -1.91. The van der Waals surface area contributed by atoms with Crippen LogP contribution in [-0.4, -0.2) is 0 Å². The molecule has 0 saturated heterocycles. The van der Waals surface area contributed by atoms with Crippen LogP contribution in [0.2, 0.25) is 0 Å². The summed E-state index contributed by atoms with van der Waals surface area (Å²) in [6.45, 7) is 3.03. The third-order valence-corrected chi connectivity index (χ3v) is 9.45. The molecule has 0 fully saturated rings. The topological polar surface area (TPSA) is 13.1 Å². The Kier molecular flexibility index (Phi) is 2.88. The minimum absolute atomic E-state index is 0.0220. The molecule has 0 atom stereocenters. The average molecular weight is 703 g/mol. The van der Waals surface area contributed by atoms with Gasteiger partial charge in [0.2, 0.25) is 0 Å². The van der Waals surface area contributed by atoms with E-state index in [0.29, 0.717) is 0 Å². The first-order valence-electron chi connectivity index (χ1n) is 30.2. The first-order valence-corrected chi connectivity index (χ1v) is 16.2. The van der Waals surface area contributed by atoms with Gasteiger partial charge in [0.25, 0.3) is 0 Å². The molecule has 0 bridgehead atoms. The highest BCUT2D eigenvalue weighted by Crippen LogP contribution is 2.45. The van der Waals surface area contributed by atoms with Gasteiger partial charge in [-0.15, -0.1) is 0 Å². The Morgan fingerprint density at radius 3 is 1.45 bits per heavy atom. The van der Waals surface area contributed by atoms with Gasteiger partial charge >= 0.3 is 0 Å². The van der Waals surface area contributed by atoms with Crippen LogP contribution in [0, 0.1) is 13.8 Å². The van der Waals surface area contributed by atoms with E-state index in [1.165, 1.54) is 13.8 Å². The molecule has 1 heterocycles. The molecule has 0 radical (unpaired) electrons. The van der Waals surface area contributed by atoms with Crippen molar-refractivity contribution in [2.75, 3.05) is 0 Å².